The predicted octanol–water partition coefficient (Wildman–Crippen LogP) is 4.91. The summed E-state index contributed by atoms with van der Waals surface area (Å²) < 4.78 is 29.9. The Morgan fingerprint density at radius 1 is 1.20 bits per heavy atom. The number of rotatable bonds is 6. The van der Waals surface area contributed by atoms with Gasteiger partial charge in [0, 0.05) is 27.4 Å². The number of hydrogen-bond acceptors (Lipinski definition) is 3. The quantitative estimate of drug-likeness (QED) is 0.544. The van der Waals surface area contributed by atoms with E-state index in [0.29, 0.717) is 21.3 Å². The van der Waals surface area contributed by atoms with E-state index in [2.05, 4.69) is 26.0 Å². The van der Waals surface area contributed by atoms with Gasteiger partial charge >= 0.3 is 6.61 Å². The van der Waals surface area contributed by atoms with E-state index in [4.69, 9.17) is 0 Å². The number of carbonyl (C=O) groups is 2. The lowest BCUT2D eigenvalue weighted by Crippen LogP contribution is -2.08. The maximum absolute atomic E-state index is 12.4. The molecule has 0 radical (unpaired) electrons. The van der Waals surface area contributed by atoms with Crippen molar-refractivity contribution >= 4 is 39.4 Å². The fraction of sp³-hybridized carbons (Fsp3) is 0.111. The Labute approximate surface area is 151 Å². The summed E-state index contributed by atoms with van der Waals surface area (Å²) >= 11 is 3.24. The molecule has 0 aliphatic rings. The molecule has 25 heavy (non-hydrogen) atoms. The first-order valence-corrected chi connectivity index (χ1v) is 7.99. The van der Waals surface area contributed by atoms with E-state index < -0.39 is 12.5 Å². The Morgan fingerprint density at radius 3 is 2.64 bits per heavy atom. The highest BCUT2D eigenvalue weighted by Crippen LogP contribution is 2.26. The fourth-order valence-corrected chi connectivity index (χ4v) is 2.40. The van der Waals surface area contributed by atoms with Gasteiger partial charge in [-0.2, -0.15) is 8.78 Å². The van der Waals surface area contributed by atoms with Gasteiger partial charge in [0.25, 0.3) is 0 Å². The van der Waals surface area contributed by atoms with E-state index in [0.717, 1.165) is 0 Å². The number of hydrogen-bond donors (Lipinski definition) is 1. The van der Waals surface area contributed by atoms with Crippen molar-refractivity contribution in [3.63, 3.8) is 0 Å². The highest BCUT2D eigenvalue weighted by molar-refractivity contribution is 9.10. The number of ether oxygens (including phenoxy) is 1. The van der Waals surface area contributed by atoms with Crippen LogP contribution in [0.2, 0.25) is 0 Å². The van der Waals surface area contributed by atoms with Crippen LogP contribution in [0.4, 0.5) is 14.5 Å². The van der Waals surface area contributed by atoms with Crippen LogP contribution in [0.5, 0.6) is 5.75 Å². The second kappa shape index (κ2) is 8.53. The molecule has 0 fully saturated rings. The molecule has 1 amide bonds. The van der Waals surface area contributed by atoms with Gasteiger partial charge in [-0.05, 0) is 43.3 Å². The fourth-order valence-electron chi connectivity index (χ4n) is 2.02. The summed E-state index contributed by atoms with van der Waals surface area (Å²) in [5.74, 6) is -0.626. The van der Waals surface area contributed by atoms with Crippen molar-refractivity contribution in [3.05, 3.63) is 64.1 Å². The summed E-state index contributed by atoms with van der Waals surface area (Å²) in [4.78, 5) is 23.3. The molecule has 2 aromatic carbocycles. The molecule has 0 aliphatic carbocycles. The van der Waals surface area contributed by atoms with Gasteiger partial charge in [0.05, 0.1) is 0 Å². The monoisotopic (exact) mass is 409 g/mol. The third kappa shape index (κ3) is 5.79. The third-order valence-corrected chi connectivity index (χ3v) is 3.63. The average Bonchev–Trinajstić information content (AvgIpc) is 2.55. The molecule has 0 aromatic heterocycles. The second-order valence-corrected chi connectivity index (χ2v) is 5.94. The lowest BCUT2D eigenvalue weighted by molar-refractivity contribution is -0.111. The molecule has 0 unspecified atom stereocenters. The van der Waals surface area contributed by atoms with Crippen molar-refractivity contribution in [1.82, 2.24) is 0 Å². The van der Waals surface area contributed by atoms with Gasteiger partial charge in [0.15, 0.2) is 5.78 Å². The van der Waals surface area contributed by atoms with Crippen LogP contribution in [0, 0.1) is 0 Å². The number of halogens is 3. The highest BCUT2D eigenvalue weighted by atomic mass is 79.9. The van der Waals surface area contributed by atoms with Gasteiger partial charge in [0.2, 0.25) is 5.91 Å². The molecule has 2 aromatic rings. The highest BCUT2D eigenvalue weighted by Gasteiger charge is 2.09. The molecule has 0 spiro atoms. The van der Waals surface area contributed by atoms with Crippen LogP contribution in [-0.4, -0.2) is 18.3 Å². The standard InChI is InChI=1S/C18H14BrF2NO3/c1-11(23)12-3-2-4-15(10-12)22-17(24)8-5-13-9-14(19)6-7-16(13)25-18(20)21/h2-10,18H,1H3,(H,22,24)/b8-5+. The van der Waals surface area contributed by atoms with Crippen molar-refractivity contribution in [2.45, 2.75) is 13.5 Å². The van der Waals surface area contributed by atoms with Crippen LogP contribution in [0.25, 0.3) is 6.08 Å². The zero-order valence-corrected chi connectivity index (χ0v) is 14.7. The van der Waals surface area contributed by atoms with Gasteiger partial charge in [-0.15, -0.1) is 0 Å². The smallest absolute Gasteiger partial charge is 0.387 e. The minimum atomic E-state index is -2.96. The Balaban J connectivity index is 2.14. The molecule has 0 aliphatic heterocycles. The van der Waals surface area contributed by atoms with E-state index in [1.165, 1.54) is 25.1 Å². The first-order chi connectivity index (χ1) is 11.8. The zero-order valence-electron chi connectivity index (χ0n) is 13.1. The number of ketones is 1. The molecule has 0 heterocycles. The minimum absolute atomic E-state index is 0.0409. The van der Waals surface area contributed by atoms with Gasteiger partial charge in [-0.3, -0.25) is 9.59 Å². The van der Waals surface area contributed by atoms with Crippen LogP contribution < -0.4 is 10.1 Å². The summed E-state index contributed by atoms with van der Waals surface area (Å²) in [6, 6.07) is 11.0. The normalized spacial score (nSPS) is 10.9. The molecule has 130 valence electrons. The van der Waals surface area contributed by atoms with Crippen molar-refractivity contribution < 1.29 is 23.1 Å². The molecule has 0 saturated heterocycles. The van der Waals surface area contributed by atoms with Crippen LogP contribution in [0.1, 0.15) is 22.8 Å². The largest absolute Gasteiger partial charge is 0.434 e. The van der Waals surface area contributed by atoms with E-state index in [1.807, 2.05) is 0 Å². The number of anilines is 1. The van der Waals surface area contributed by atoms with Crippen molar-refractivity contribution in [3.8, 4) is 5.75 Å². The Kier molecular flexibility index (Phi) is 6.41. The summed E-state index contributed by atoms with van der Waals surface area (Å²) in [6.07, 6.45) is 2.56. The van der Waals surface area contributed by atoms with Crippen LogP contribution in [0.15, 0.2) is 53.0 Å². The number of carbonyl (C=O) groups excluding carboxylic acids is 2. The van der Waals surface area contributed by atoms with E-state index >= 15 is 0 Å². The van der Waals surface area contributed by atoms with Crippen LogP contribution in [-0.2, 0) is 4.79 Å². The van der Waals surface area contributed by atoms with E-state index in [1.54, 1.807) is 36.4 Å². The number of amides is 1. The Hall–Kier alpha value is -2.54. The molecular weight excluding hydrogens is 396 g/mol. The maximum Gasteiger partial charge on any atom is 0.387 e. The Bertz CT molecular complexity index is 822. The molecule has 2 rings (SSSR count). The van der Waals surface area contributed by atoms with Gasteiger partial charge in [0.1, 0.15) is 5.75 Å². The first-order valence-electron chi connectivity index (χ1n) is 7.19. The average molecular weight is 410 g/mol. The van der Waals surface area contributed by atoms with Crippen LogP contribution in [0.3, 0.4) is 0 Å². The molecule has 1 N–H and O–H groups in total. The van der Waals surface area contributed by atoms with Gasteiger partial charge in [-0.25, -0.2) is 0 Å². The number of nitrogens with one attached hydrogen (secondary N) is 1. The van der Waals surface area contributed by atoms with Crippen molar-refractivity contribution in [2.75, 3.05) is 5.32 Å². The molecule has 0 bridgehead atoms. The summed E-state index contributed by atoms with van der Waals surface area (Å²) in [7, 11) is 0. The number of benzene rings is 2. The molecule has 0 saturated carbocycles. The second-order valence-electron chi connectivity index (χ2n) is 5.02. The topological polar surface area (TPSA) is 55.4 Å². The SMILES string of the molecule is CC(=O)c1cccc(NC(=O)/C=C/c2cc(Br)ccc2OC(F)F)c1. The van der Waals surface area contributed by atoms with Crippen LogP contribution >= 0.6 is 15.9 Å². The van der Waals surface area contributed by atoms with Crippen molar-refractivity contribution in [2.24, 2.45) is 0 Å². The lowest BCUT2D eigenvalue weighted by atomic mass is 10.1. The third-order valence-electron chi connectivity index (χ3n) is 3.14. The summed E-state index contributed by atoms with van der Waals surface area (Å²) in [5.41, 5.74) is 1.25. The molecular formula is C18H14BrF2NO3. The number of alkyl halides is 2. The minimum Gasteiger partial charge on any atom is -0.434 e. The van der Waals surface area contributed by atoms with E-state index in [9.17, 15) is 18.4 Å². The summed E-state index contributed by atoms with van der Waals surface area (Å²) in [6.45, 7) is -1.53. The number of Topliss-reactive ketones (excluding diaryl/α,β-unsaturated/α-hetero) is 1. The zero-order chi connectivity index (χ0) is 18.4. The van der Waals surface area contributed by atoms with Gasteiger partial charge in [-0.1, -0.05) is 28.1 Å². The molecule has 7 heteroatoms. The Morgan fingerprint density at radius 2 is 1.96 bits per heavy atom. The van der Waals surface area contributed by atoms with Gasteiger partial charge < -0.3 is 10.1 Å². The summed E-state index contributed by atoms with van der Waals surface area (Å²) in [5, 5.41) is 2.60. The molecule has 0 atom stereocenters. The van der Waals surface area contributed by atoms with E-state index in [-0.39, 0.29) is 11.5 Å². The predicted molar refractivity (Wildman–Crippen MR) is 94.9 cm³/mol. The molecule has 4 nitrogen and oxygen atoms in total. The van der Waals surface area contributed by atoms with Crippen molar-refractivity contribution in [1.29, 1.82) is 0 Å². The lowest BCUT2D eigenvalue weighted by Gasteiger charge is -2.08. The first kappa shape index (κ1) is 18.8. The maximum atomic E-state index is 12.4.